The molecule has 72 valence electrons. The Bertz CT molecular complexity index is 300. The molecule has 5 heteroatoms. The first kappa shape index (κ1) is 10.9. The Morgan fingerprint density at radius 1 is 1.77 bits per heavy atom. The summed E-state index contributed by atoms with van der Waals surface area (Å²) in [6.45, 7) is 0.384. The van der Waals surface area contributed by atoms with Gasteiger partial charge in [-0.1, -0.05) is 0 Å². The molecule has 0 bridgehead atoms. The summed E-state index contributed by atoms with van der Waals surface area (Å²) in [6, 6.07) is 1.85. The zero-order valence-electron chi connectivity index (χ0n) is 7.16. The molecule has 1 aromatic rings. The van der Waals surface area contributed by atoms with Crippen molar-refractivity contribution in [3.63, 3.8) is 0 Å². The predicted molar refractivity (Wildman–Crippen MR) is 61.1 cm³/mol. The molecule has 13 heavy (non-hydrogen) atoms. The molecule has 1 heterocycles. The van der Waals surface area contributed by atoms with E-state index in [1.807, 2.05) is 11.4 Å². The highest BCUT2D eigenvalue weighted by atomic mass is 127. The highest BCUT2D eigenvalue weighted by Gasteiger charge is 2.11. The third-order valence-corrected chi connectivity index (χ3v) is 3.39. The summed E-state index contributed by atoms with van der Waals surface area (Å²) >= 11 is 3.72. The van der Waals surface area contributed by atoms with E-state index in [1.165, 1.54) is 4.90 Å². The first-order valence-electron chi connectivity index (χ1n) is 3.75. The Morgan fingerprint density at radius 2 is 2.46 bits per heavy atom. The number of nitrogens with zero attached hydrogens (tertiary/aromatic N) is 1. The summed E-state index contributed by atoms with van der Waals surface area (Å²) in [7, 11) is 1.68. The third-order valence-electron chi connectivity index (χ3n) is 1.60. The SMILES string of the molecule is CN(CCO)C(=O)c1csc(I)c1. The van der Waals surface area contributed by atoms with Crippen molar-refractivity contribution in [2.24, 2.45) is 0 Å². The molecule has 0 aliphatic carbocycles. The molecule has 0 saturated carbocycles. The van der Waals surface area contributed by atoms with Gasteiger partial charge in [0.1, 0.15) is 0 Å². The summed E-state index contributed by atoms with van der Waals surface area (Å²) < 4.78 is 1.10. The molecule has 1 N–H and O–H groups in total. The van der Waals surface area contributed by atoms with Crippen LogP contribution in [0.3, 0.4) is 0 Å². The van der Waals surface area contributed by atoms with Crippen molar-refractivity contribution in [3.05, 3.63) is 19.9 Å². The van der Waals surface area contributed by atoms with Gasteiger partial charge in [-0.25, -0.2) is 0 Å². The number of aliphatic hydroxyl groups excluding tert-OH is 1. The summed E-state index contributed by atoms with van der Waals surface area (Å²) in [6.07, 6.45) is 0. The summed E-state index contributed by atoms with van der Waals surface area (Å²) in [5, 5.41) is 10.5. The molecular formula is C8H10INO2S. The summed E-state index contributed by atoms with van der Waals surface area (Å²) in [4.78, 5) is 13.1. The number of carbonyl (C=O) groups excluding carboxylic acids is 1. The zero-order chi connectivity index (χ0) is 9.84. The maximum Gasteiger partial charge on any atom is 0.254 e. The first-order chi connectivity index (χ1) is 6.15. The van der Waals surface area contributed by atoms with E-state index < -0.39 is 0 Å². The molecule has 1 aromatic heterocycles. The Labute approximate surface area is 94.5 Å². The van der Waals surface area contributed by atoms with Gasteiger partial charge in [-0.3, -0.25) is 4.79 Å². The van der Waals surface area contributed by atoms with Crippen LogP contribution in [0.25, 0.3) is 0 Å². The number of carbonyl (C=O) groups is 1. The number of rotatable bonds is 3. The smallest absolute Gasteiger partial charge is 0.254 e. The number of hydrogen-bond acceptors (Lipinski definition) is 3. The number of amides is 1. The fourth-order valence-electron chi connectivity index (χ4n) is 0.894. The van der Waals surface area contributed by atoms with Crippen LogP contribution in [0.5, 0.6) is 0 Å². The monoisotopic (exact) mass is 311 g/mol. The van der Waals surface area contributed by atoms with Gasteiger partial charge >= 0.3 is 0 Å². The summed E-state index contributed by atoms with van der Waals surface area (Å²) in [5.41, 5.74) is 0.699. The van der Waals surface area contributed by atoms with E-state index in [4.69, 9.17) is 5.11 Å². The van der Waals surface area contributed by atoms with Crippen molar-refractivity contribution in [1.29, 1.82) is 0 Å². The standard InChI is InChI=1S/C8H10INO2S/c1-10(2-3-11)8(12)6-4-7(9)13-5-6/h4-5,11H,2-3H2,1H3. The number of halogens is 1. The lowest BCUT2D eigenvalue weighted by Crippen LogP contribution is -2.29. The van der Waals surface area contributed by atoms with Crippen LogP contribution in [0.4, 0.5) is 0 Å². The van der Waals surface area contributed by atoms with Crippen LogP contribution >= 0.6 is 33.9 Å². The van der Waals surface area contributed by atoms with Gasteiger partial charge in [0.05, 0.1) is 15.1 Å². The van der Waals surface area contributed by atoms with Crippen molar-refractivity contribution in [3.8, 4) is 0 Å². The molecule has 0 atom stereocenters. The fourth-order valence-corrected chi connectivity index (χ4v) is 2.21. The van der Waals surface area contributed by atoms with Gasteiger partial charge < -0.3 is 10.0 Å². The van der Waals surface area contributed by atoms with Crippen LogP contribution in [-0.4, -0.2) is 36.1 Å². The van der Waals surface area contributed by atoms with Gasteiger partial charge in [0.25, 0.3) is 5.91 Å². The predicted octanol–water partition coefficient (Wildman–Crippen LogP) is 1.42. The third kappa shape index (κ3) is 2.92. The molecule has 0 aliphatic heterocycles. The van der Waals surface area contributed by atoms with E-state index in [0.29, 0.717) is 12.1 Å². The van der Waals surface area contributed by atoms with Gasteiger partial charge in [-0.05, 0) is 28.7 Å². The number of thiophene rings is 1. The Kier molecular flexibility index (Phi) is 4.14. The largest absolute Gasteiger partial charge is 0.395 e. The molecule has 0 aliphatic rings. The van der Waals surface area contributed by atoms with Crippen LogP contribution in [0, 0.1) is 2.88 Å². The normalized spacial score (nSPS) is 10.1. The molecule has 1 amide bonds. The molecule has 0 saturated heterocycles. The summed E-state index contributed by atoms with van der Waals surface area (Å²) in [5.74, 6) is -0.0341. The Hall–Kier alpha value is -0.140. The van der Waals surface area contributed by atoms with Crippen LogP contribution in [0.2, 0.25) is 0 Å². The maximum atomic E-state index is 11.6. The lowest BCUT2D eigenvalue weighted by atomic mass is 10.3. The molecule has 0 radical (unpaired) electrons. The van der Waals surface area contributed by atoms with E-state index in [9.17, 15) is 4.79 Å². The Balaban J connectivity index is 2.67. The van der Waals surface area contributed by atoms with Crippen molar-refractivity contribution in [2.45, 2.75) is 0 Å². The molecular weight excluding hydrogens is 301 g/mol. The quantitative estimate of drug-likeness (QED) is 0.858. The van der Waals surface area contributed by atoms with Crippen molar-refractivity contribution < 1.29 is 9.90 Å². The minimum atomic E-state index is -0.0341. The molecule has 1 rings (SSSR count). The first-order valence-corrected chi connectivity index (χ1v) is 5.71. The maximum absolute atomic E-state index is 11.6. The fraction of sp³-hybridized carbons (Fsp3) is 0.375. The van der Waals surface area contributed by atoms with E-state index in [2.05, 4.69) is 22.6 Å². The lowest BCUT2D eigenvalue weighted by Gasteiger charge is -2.14. The second kappa shape index (κ2) is 4.92. The second-order valence-electron chi connectivity index (χ2n) is 2.59. The molecule has 0 unspecified atom stereocenters. The minimum absolute atomic E-state index is 0.00344. The van der Waals surface area contributed by atoms with Crippen molar-refractivity contribution in [2.75, 3.05) is 20.2 Å². The van der Waals surface area contributed by atoms with Gasteiger partial charge in [-0.2, -0.15) is 0 Å². The minimum Gasteiger partial charge on any atom is -0.395 e. The Morgan fingerprint density at radius 3 is 2.92 bits per heavy atom. The molecule has 0 spiro atoms. The van der Waals surface area contributed by atoms with E-state index in [0.717, 1.165) is 2.88 Å². The highest BCUT2D eigenvalue weighted by molar-refractivity contribution is 14.1. The topological polar surface area (TPSA) is 40.5 Å². The van der Waals surface area contributed by atoms with Crippen LogP contribution < -0.4 is 0 Å². The van der Waals surface area contributed by atoms with Gasteiger partial charge in [0, 0.05) is 19.0 Å². The van der Waals surface area contributed by atoms with Crippen LogP contribution in [0.15, 0.2) is 11.4 Å². The van der Waals surface area contributed by atoms with Gasteiger partial charge in [0.15, 0.2) is 0 Å². The van der Waals surface area contributed by atoms with E-state index in [1.54, 1.807) is 18.4 Å². The lowest BCUT2D eigenvalue weighted by molar-refractivity contribution is 0.0767. The van der Waals surface area contributed by atoms with Crippen molar-refractivity contribution >= 4 is 39.8 Å². The van der Waals surface area contributed by atoms with E-state index in [-0.39, 0.29) is 12.5 Å². The average Bonchev–Trinajstić information content (AvgIpc) is 2.51. The molecule has 0 aromatic carbocycles. The van der Waals surface area contributed by atoms with Crippen LogP contribution in [-0.2, 0) is 0 Å². The number of hydrogen-bond donors (Lipinski definition) is 1. The molecule has 0 fully saturated rings. The number of aliphatic hydroxyl groups is 1. The van der Waals surface area contributed by atoms with Gasteiger partial charge in [0.2, 0.25) is 0 Å². The molecule has 3 nitrogen and oxygen atoms in total. The average molecular weight is 311 g/mol. The van der Waals surface area contributed by atoms with Crippen LogP contribution in [0.1, 0.15) is 10.4 Å². The van der Waals surface area contributed by atoms with Gasteiger partial charge in [-0.15, -0.1) is 11.3 Å². The zero-order valence-corrected chi connectivity index (χ0v) is 10.1. The second-order valence-corrected chi connectivity index (χ2v) is 5.40. The van der Waals surface area contributed by atoms with E-state index >= 15 is 0 Å². The number of likely N-dealkylation sites (N-methyl/N-ethyl adjacent to an activating group) is 1. The van der Waals surface area contributed by atoms with Crippen molar-refractivity contribution in [1.82, 2.24) is 4.90 Å². The highest BCUT2D eigenvalue weighted by Crippen LogP contribution is 2.17.